The molecule has 0 aliphatic heterocycles. The minimum atomic E-state index is 0.909. The lowest BCUT2D eigenvalue weighted by Crippen LogP contribution is -2.10. The summed E-state index contributed by atoms with van der Waals surface area (Å²) in [5.41, 5.74) is 15.7. The van der Waals surface area contributed by atoms with Crippen LogP contribution in [0.5, 0.6) is 0 Å². The zero-order chi connectivity index (χ0) is 40.3. The minimum absolute atomic E-state index is 0.909. The summed E-state index contributed by atoms with van der Waals surface area (Å²) < 4.78 is 8.75. The van der Waals surface area contributed by atoms with Crippen LogP contribution in [0.2, 0.25) is 0 Å². The molecule has 0 saturated carbocycles. The molecular formula is C58H38N2O. The first-order valence-electron chi connectivity index (χ1n) is 20.8. The lowest BCUT2D eigenvalue weighted by molar-refractivity contribution is 0.669. The van der Waals surface area contributed by atoms with E-state index in [1.54, 1.807) is 0 Å². The number of anilines is 3. The lowest BCUT2D eigenvalue weighted by atomic mass is 9.99. The number of aromatic nitrogens is 1. The molecule has 0 unspecified atom stereocenters. The molecule has 0 bridgehead atoms. The lowest BCUT2D eigenvalue weighted by Gasteiger charge is -2.26. The van der Waals surface area contributed by atoms with Crippen LogP contribution in [0.25, 0.3) is 93.6 Å². The van der Waals surface area contributed by atoms with Gasteiger partial charge in [0.05, 0.1) is 11.0 Å². The van der Waals surface area contributed by atoms with Gasteiger partial charge in [0.25, 0.3) is 0 Å². The summed E-state index contributed by atoms with van der Waals surface area (Å²) >= 11 is 0. The SMILES string of the molecule is c1ccc(-c2ccc(N(c3ccc(-c4ccccc4)cc3)c3cccc(-c4ccc5c(c4)c4cc6c(ccc7oc8ccccc8c76)cc4n5-c4ccccc4)c3)cc2)cc1. The molecule has 0 atom stereocenters. The number of nitrogens with zero attached hydrogens (tertiary/aromatic N) is 2. The van der Waals surface area contributed by atoms with Gasteiger partial charge in [-0.3, -0.25) is 0 Å². The van der Waals surface area contributed by atoms with Crippen molar-refractivity contribution in [3.63, 3.8) is 0 Å². The molecule has 0 N–H and O–H groups in total. The summed E-state index contributed by atoms with van der Waals surface area (Å²) in [6.45, 7) is 0. The number of hydrogen-bond donors (Lipinski definition) is 0. The van der Waals surface area contributed by atoms with Crippen molar-refractivity contribution < 1.29 is 4.42 Å². The summed E-state index contributed by atoms with van der Waals surface area (Å²) in [6.07, 6.45) is 0. The van der Waals surface area contributed by atoms with Gasteiger partial charge in [0.2, 0.25) is 0 Å². The summed E-state index contributed by atoms with van der Waals surface area (Å²) in [5, 5.41) is 7.10. The van der Waals surface area contributed by atoms with Crippen LogP contribution in [-0.2, 0) is 0 Å². The average Bonchev–Trinajstić information content (AvgIpc) is 3.87. The van der Waals surface area contributed by atoms with E-state index in [4.69, 9.17) is 4.42 Å². The Morgan fingerprint density at radius 2 is 0.869 bits per heavy atom. The molecule has 3 nitrogen and oxygen atoms in total. The second kappa shape index (κ2) is 14.3. The fraction of sp³-hybridized carbons (Fsp3) is 0. The number of hydrogen-bond acceptors (Lipinski definition) is 2. The molecule has 12 rings (SSSR count). The van der Waals surface area contributed by atoms with E-state index in [0.717, 1.165) is 55.8 Å². The maximum absolute atomic E-state index is 6.35. The van der Waals surface area contributed by atoms with Crippen LogP contribution >= 0.6 is 0 Å². The topological polar surface area (TPSA) is 21.3 Å². The molecular weight excluding hydrogens is 741 g/mol. The Bertz CT molecular complexity index is 3470. The largest absolute Gasteiger partial charge is 0.456 e. The van der Waals surface area contributed by atoms with Crippen LogP contribution in [0.4, 0.5) is 17.1 Å². The molecule has 61 heavy (non-hydrogen) atoms. The van der Waals surface area contributed by atoms with Crippen LogP contribution in [-0.4, -0.2) is 4.57 Å². The van der Waals surface area contributed by atoms with Crippen molar-refractivity contribution in [2.24, 2.45) is 0 Å². The Morgan fingerprint density at radius 1 is 0.311 bits per heavy atom. The first kappa shape index (κ1) is 34.9. The van der Waals surface area contributed by atoms with Gasteiger partial charge in [-0.2, -0.15) is 0 Å². The zero-order valence-corrected chi connectivity index (χ0v) is 33.2. The van der Waals surface area contributed by atoms with Gasteiger partial charge in [0.15, 0.2) is 0 Å². The van der Waals surface area contributed by atoms with Crippen LogP contribution in [0.3, 0.4) is 0 Å². The molecule has 12 aromatic rings. The van der Waals surface area contributed by atoms with E-state index in [-0.39, 0.29) is 0 Å². The van der Waals surface area contributed by atoms with Crippen molar-refractivity contribution in [1.29, 1.82) is 0 Å². The van der Waals surface area contributed by atoms with E-state index >= 15 is 0 Å². The summed E-state index contributed by atoms with van der Waals surface area (Å²) in [6, 6.07) is 82.9. The maximum atomic E-state index is 6.35. The molecule has 2 heterocycles. The highest BCUT2D eigenvalue weighted by atomic mass is 16.3. The second-order valence-electron chi connectivity index (χ2n) is 15.7. The van der Waals surface area contributed by atoms with Crippen LogP contribution < -0.4 is 4.90 Å². The van der Waals surface area contributed by atoms with Gasteiger partial charge in [-0.1, -0.05) is 146 Å². The van der Waals surface area contributed by atoms with Crippen molar-refractivity contribution in [2.45, 2.75) is 0 Å². The number of furan rings is 1. The van der Waals surface area contributed by atoms with Gasteiger partial charge < -0.3 is 13.9 Å². The van der Waals surface area contributed by atoms with Gasteiger partial charge in [-0.15, -0.1) is 0 Å². The Labute approximate surface area is 353 Å². The van der Waals surface area contributed by atoms with Crippen molar-refractivity contribution in [3.05, 3.63) is 231 Å². The normalized spacial score (nSPS) is 11.6. The second-order valence-corrected chi connectivity index (χ2v) is 15.7. The van der Waals surface area contributed by atoms with Crippen molar-refractivity contribution in [3.8, 4) is 39.1 Å². The molecule has 10 aromatic carbocycles. The summed E-state index contributed by atoms with van der Waals surface area (Å²) in [4.78, 5) is 2.36. The zero-order valence-electron chi connectivity index (χ0n) is 33.2. The van der Waals surface area contributed by atoms with E-state index in [1.807, 2.05) is 6.07 Å². The number of benzene rings is 10. The van der Waals surface area contributed by atoms with E-state index in [1.165, 1.54) is 54.8 Å². The molecule has 0 radical (unpaired) electrons. The van der Waals surface area contributed by atoms with Crippen molar-refractivity contribution in [1.82, 2.24) is 4.57 Å². The van der Waals surface area contributed by atoms with Gasteiger partial charge in [-0.05, 0) is 129 Å². The third kappa shape index (κ3) is 5.98. The maximum Gasteiger partial charge on any atom is 0.136 e. The molecule has 0 aliphatic rings. The highest BCUT2D eigenvalue weighted by Gasteiger charge is 2.19. The predicted molar refractivity (Wildman–Crippen MR) is 257 cm³/mol. The summed E-state index contributed by atoms with van der Waals surface area (Å²) in [7, 11) is 0. The fourth-order valence-electron chi connectivity index (χ4n) is 9.23. The van der Waals surface area contributed by atoms with Gasteiger partial charge >= 0.3 is 0 Å². The highest BCUT2D eigenvalue weighted by molar-refractivity contribution is 6.23. The van der Waals surface area contributed by atoms with Crippen molar-refractivity contribution in [2.75, 3.05) is 4.90 Å². The Morgan fingerprint density at radius 3 is 1.56 bits per heavy atom. The molecule has 286 valence electrons. The minimum Gasteiger partial charge on any atom is -0.456 e. The first-order chi connectivity index (χ1) is 30.2. The standard InChI is InChI=1S/C58H38N2O/c1-4-13-39(14-5-1)41-23-29-47(30-24-41)59(48-31-25-42(26-32-48)40-15-6-2-7-16-40)49-20-12-17-43(35-49)44-27-33-54-52(36-44)53-38-51-45(37-55(53)60(54)46-18-8-3-9-19-46)28-34-57-58(51)50-21-10-11-22-56(50)61-57/h1-38H. The molecule has 3 heteroatoms. The number of para-hydroxylation sites is 2. The fourth-order valence-corrected chi connectivity index (χ4v) is 9.23. The van der Waals surface area contributed by atoms with E-state index in [0.29, 0.717) is 0 Å². The molecule has 0 saturated heterocycles. The van der Waals surface area contributed by atoms with Gasteiger partial charge in [-0.25, -0.2) is 0 Å². The highest BCUT2D eigenvalue weighted by Crippen LogP contribution is 2.43. The van der Waals surface area contributed by atoms with Crippen LogP contribution in [0, 0.1) is 0 Å². The summed E-state index contributed by atoms with van der Waals surface area (Å²) in [5.74, 6) is 0. The molecule has 0 spiro atoms. The predicted octanol–water partition coefficient (Wildman–Crippen LogP) is 16.3. The Kier molecular flexibility index (Phi) is 8.17. The molecule has 0 aliphatic carbocycles. The first-order valence-corrected chi connectivity index (χ1v) is 20.8. The Hall–Kier alpha value is -8.14. The number of rotatable bonds is 7. The van der Waals surface area contributed by atoms with Crippen LogP contribution in [0.1, 0.15) is 0 Å². The van der Waals surface area contributed by atoms with Gasteiger partial charge in [0.1, 0.15) is 11.2 Å². The molecule has 2 aromatic heterocycles. The third-order valence-electron chi connectivity index (χ3n) is 12.2. The monoisotopic (exact) mass is 778 g/mol. The number of fused-ring (bicyclic) bond motifs is 8. The molecule has 0 amide bonds. The third-order valence-corrected chi connectivity index (χ3v) is 12.2. The quantitative estimate of drug-likeness (QED) is 0.161. The van der Waals surface area contributed by atoms with E-state index in [2.05, 4.69) is 234 Å². The van der Waals surface area contributed by atoms with Crippen molar-refractivity contribution >= 4 is 71.6 Å². The molecule has 0 fully saturated rings. The van der Waals surface area contributed by atoms with E-state index in [9.17, 15) is 0 Å². The van der Waals surface area contributed by atoms with E-state index < -0.39 is 0 Å². The Balaban J connectivity index is 1.02. The average molecular weight is 779 g/mol. The van der Waals surface area contributed by atoms with Crippen LogP contribution in [0.15, 0.2) is 235 Å². The smallest absolute Gasteiger partial charge is 0.136 e. The van der Waals surface area contributed by atoms with Gasteiger partial charge in [0, 0.05) is 44.3 Å².